The van der Waals surface area contributed by atoms with Crippen molar-refractivity contribution in [3.63, 3.8) is 0 Å². The van der Waals surface area contributed by atoms with Crippen molar-refractivity contribution in [1.29, 1.82) is 0 Å². The Kier molecular flexibility index (Phi) is 3.81. The van der Waals surface area contributed by atoms with Gasteiger partial charge in [0.25, 0.3) is 0 Å². The summed E-state index contributed by atoms with van der Waals surface area (Å²) >= 11 is 0. The molecule has 1 heterocycles. The van der Waals surface area contributed by atoms with Crippen LogP contribution in [-0.2, 0) is 4.74 Å². The van der Waals surface area contributed by atoms with E-state index in [4.69, 9.17) is 0 Å². The van der Waals surface area contributed by atoms with Crippen molar-refractivity contribution >= 4 is 18.1 Å². The van der Waals surface area contributed by atoms with Crippen LogP contribution in [0.15, 0.2) is 42.9 Å². The van der Waals surface area contributed by atoms with Gasteiger partial charge in [-0.1, -0.05) is 18.2 Å². The highest BCUT2D eigenvalue weighted by atomic mass is 16.5. The summed E-state index contributed by atoms with van der Waals surface area (Å²) in [6.45, 7) is 0. The molecule has 0 aliphatic heterocycles. The van der Waals surface area contributed by atoms with Crippen LogP contribution in [0.1, 0.15) is 21.6 Å². The maximum atomic E-state index is 11.2. The number of esters is 1. The van der Waals surface area contributed by atoms with Crippen LogP contribution in [0.3, 0.4) is 0 Å². The normalized spacial score (nSPS) is 10.5. The molecule has 2 rings (SSSR count). The molecular formula is C14H12N2O2. The molecule has 0 spiro atoms. The molecular weight excluding hydrogens is 228 g/mol. The van der Waals surface area contributed by atoms with E-state index in [1.165, 1.54) is 13.4 Å². The molecule has 0 bridgehead atoms. The molecule has 4 nitrogen and oxygen atoms in total. The molecule has 0 aliphatic carbocycles. The van der Waals surface area contributed by atoms with Gasteiger partial charge >= 0.3 is 5.97 Å². The Bertz CT molecular complexity index is 548. The molecule has 0 unspecified atom stereocenters. The second-order valence-electron chi connectivity index (χ2n) is 3.58. The van der Waals surface area contributed by atoms with Gasteiger partial charge in [-0.25, -0.2) is 14.8 Å². The number of nitrogens with zero attached hydrogens (tertiary/aromatic N) is 2. The van der Waals surface area contributed by atoms with Gasteiger partial charge in [-0.15, -0.1) is 0 Å². The van der Waals surface area contributed by atoms with Gasteiger partial charge < -0.3 is 4.74 Å². The van der Waals surface area contributed by atoms with E-state index in [-0.39, 0.29) is 5.97 Å². The maximum absolute atomic E-state index is 11.2. The Balaban J connectivity index is 2.11. The lowest BCUT2D eigenvalue weighted by Gasteiger charge is -1.99. The lowest BCUT2D eigenvalue weighted by atomic mass is 10.1. The Morgan fingerprint density at radius 3 is 2.56 bits per heavy atom. The fourth-order valence-electron chi connectivity index (χ4n) is 1.43. The summed E-state index contributed by atoms with van der Waals surface area (Å²) in [5.41, 5.74) is 2.36. The van der Waals surface area contributed by atoms with E-state index in [1.807, 2.05) is 30.4 Å². The minimum atomic E-state index is -0.332. The fraction of sp³-hybridized carbons (Fsp3) is 0.0714. The summed E-state index contributed by atoms with van der Waals surface area (Å²) in [5, 5.41) is 0. The van der Waals surface area contributed by atoms with Gasteiger partial charge in [0.15, 0.2) is 0 Å². The highest BCUT2D eigenvalue weighted by Crippen LogP contribution is 2.09. The predicted octanol–water partition coefficient (Wildman–Crippen LogP) is 2.43. The average Bonchev–Trinajstić information content (AvgIpc) is 2.46. The van der Waals surface area contributed by atoms with Crippen molar-refractivity contribution in [2.45, 2.75) is 0 Å². The third-order valence-electron chi connectivity index (χ3n) is 2.38. The smallest absolute Gasteiger partial charge is 0.337 e. The number of methoxy groups -OCH3 is 1. The van der Waals surface area contributed by atoms with Gasteiger partial charge in [0.1, 0.15) is 6.33 Å². The number of carbonyl (C=O) groups is 1. The molecule has 0 aliphatic rings. The topological polar surface area (TPSA) is 52.1 Å². The number of ether oxygens (including phenoxy) is 1. The second kappa shape index (κ2) is 5.72. The van der Waals surface area contributed by atoms with Gasteiger partial charge in [-0.2, -0.15) is 0 Å². The largest absolute Gasteiger partial charge is 0.465 e. The molecule has 0 fully saturated rings. The van der Waals surface area contributed by atoms with Crippen LogP contribution in [0.2, 0.25) is 0 Å². The van der Waals surface area contributed by atoms with Crippen LogP contribution in [0.4, 0.5) is 0 Å². The molecule has 4 heteroatoms. The molecule has 1 aromatic heterocycles. The van der Waals surface area contributed by atoms with Gasteiger partial charge in [0, 0.05) is 6.20 Å². The summed E-state index contributed by atoms with van der Waals surface area (Å²) in [4.78, 5) is 19.2. The first-order chi connectivity index (χ1) is 8.79. The van der Waals surface area contributed by atoms with Crippen molar-refractivity contribution in [2.24, 2.45) is 0 Å². The van der Waals surface area contributed by atoms with Crippen LogP contribution in [0.25, 0.3) is 12.2 Å². The molecule has 90 valence electrons. The molecule has 2 aromatic rings. The number of benzene rings is 1. The van der Waals surface area contributed by atoms with E-state index >= 15 is 0 Å². The van der Waals surface area contributed by atoms with Crippen molar-refractivity contribution in [3.05, 3.63) is 59.7 Å². The Labute approximate surface area is 105 Å². The molecule has 0 amide bonds. The van der Waals surface area contributed by atoms with E-state index in [1.54, 1.807) is 18.3 Å². The first-order valence-electron chi connectivity index (χ1n) is 5.42. The van der Waals surface area contributed by atoms with Gasteiger partial charge in [-0.3, -0.25) is 0 Å². The van der Waals surface area contributed by atoms with E-state index < -0.39 is 0 Å². The zero-order valence-corrected chi connectivity index (χ0v) is 9.91. The lowest BCUT2D eigenvalue weighted by molar-refractivity contribution is 0.0601. The van der Waals surface area contributed by atoms with E-state index in [2.05, 4.69) is 14.7 Å². The number of rotatable bonds is 3. The number of carbonyl (C=O) groups excluding carboxylic acids is 1. The van der Waals surface area contributed by atoms with Gasteiger partial charge in [0.2, 0.25) is 0 Å². The zero-order valence-electron chi connectivity index (χ0n) is 9.91. The SMILES string of the molecule is COC(=O)c1ccc(/C=C/c2ccncn2)cc1. The summed E-state index contributed by atoms with van der Waals surface area (Å²) in [7, 11) is 1.37. The van der Waals surface area contributed by atoms with Crippen molar-refractivity contribution in [2.75, 3.05) is 7.11 Å². The fourth-order valence-corrected chi connectivity index (χ4v) is 1.43. The van der Waals surface area contributed by atoms with E-state index in [0.717, 1.165) is 11.3 Å². The number of hydrogen-bond donors (Lipinski definition) is 0. The monoisotopic (exact) mass is 240 g/mol. The minimum Gasteiger partial charge on any atom is -0.465 e. The molecule has 0 atom stereocenters. The molecule has 1 aromatic carbocycles. The van der Waals surface area contributed by atoms with Gasteiger partial charge in [0.05, 0.1) is 18.4 Å². The van der Waals surface area contributed by atoms with Crippen molar-refractivity contribution in [3.8, 4) is 0 Å². The van der Waals surface area contributed by atoms with Crippen LogP contribution in [0, 0.1) is 0 Å². The van der Waals surface area contributed by atoms with E-state index in [9.17, 15) is 4.79 Å². The first kappa shape index (κ1) is 12.0. The summed E-state index contributed by atoms with van der Waals surface area (Å²) < 4.78 is 4.63. The summed E-state index contributed by atoms with van der Waals surface area (Å²) in [6, 6.07) is 8.98. The Hall–Kier alpha value is -2.49. The minimum absolute atomic E-state index is 0.332. The highest BCUT2D eigenvalue weighted by molar-refractivity contribution is 5.89. The molecule has 0 saturated heterocycles. The van der Waals surface area contributed by atoms with Crippen molar-refractivity contribution in [1.82, 2.24) is 9.97 Å². The molecule has 0 saturated carbocycles. The summed E-state index contributed by atoms with van der Waals surface area (Å²) in [6.07, 6.45) is 6.99. The van der Waals surface area contributed by atoms with Crippen molar-refractivity contribution < 1.29 is 9.53 Å². The molecule has 0 radical (unpaired) electrons. The standard InChI is InChI=1S/C14H12N2O2/c1-18-14(17)12-5-2-11(3-6-12)4-7-13-8-9-15-10-16-13/h2-10H,1H3/b7-4+. The predicted molar refractivity (Wildman–Crippen MR) is 68.7 cm³/mol. The summed E-state index contributed by atoms with van der Waals surface area (Å²) in [5.74, 6) is -0.332. The van der Waals surface area contributed by atoms with Crippen LogP contribution in [0.5, 0.6) is 0 Å². The number of hydrogen-bond acceptors (Lipinski definition) is 4. The van der Waals surface area contributed by atoms with Crippen LogP contribution < -0.4 is 0 Å². The van der Waals surface area contributed by atoms with Gasteiger partial charge in [-0.05, 0) is 29.8 Å². The quantitative estimate of drug-likeness (QED) is 0.773. The molecule has 18 heavy (non-hydrogen) atoms. The van der Waals surface area contributed by atoms with E-state index in [0.29, 0.717) is 5.56 Å². The first-order valence-corrected chi connectivity index (χ1v) is 5.42. The third-order valence-corrected chi connectivity index (χ3v) is 2.38. The Morgan fingerprint density at radius 1 is 1.17 bits per heavy atom. The highest BCUT2D eigenvalue weighted by Gasteiger charge is 2.02. The number of aromatic nitrogens is 2. The molecule has 0 N–H and O–H groups in total. The lowest BCUT2D eigenvalue weighted by Crippen LogP contribution is -2.00. The zero-order chi connectivity index (χ0) is 12.8. The third kappa shape index (κ3) is 3.01. The van der Waals surface area contributed by atoms with Crippen LogP contribution in [-0.4, -0.2) is 23.0 Å². The maximum Gasteiger partial charge on any atom is 0.337 e. The Morgan fingerprint density at radius 2 is 1.94 bits per heavy atom. The second-order valence-corrected chi connectivity index (χ2v) is 3.58. The van der Waals surface area contributed by atoms with Crippen LogP contribution >= 0.6 is 0 Å². The average molecular weight is 240 g/mol.